The first-order valence-electron chi connectivity index (χ1n) is 15.6. The predicted molar refractivity (Wildman–Crippen MR) is 153 cm³/mol. The van der Waals surface area contributed by atoms with E-state index in [2.05, 4.69) is 47.6 Å². The lowest BCUT2D eigenvalue weighted by Crippen LogP contribution is -2.64. The third-order valence-electron chi connectivity index (χ3n) is 13.5. The zero-order valence-electron chi connectivity index (χ0n) is 26.2. The Hall–Kier alpha value is -0.460. The fraction of sp³-hybridized carbons (Fsp3) is 0.939. The van der Waals surface area contributed by atoms with E-state index in [9.17, 15) is 10.2 Å². The van der Waals surface area contributed by atoms with Gasteiger partial charge in [0.05, 0.1) is 12.2 Å². The van der Waals surface area contributed by atoms with Crippen molar-refractivity contribution in [2.24, 2.45) is 38.9 Å². The number of allylic oxidation sites excluding steroid dienone is 1. The summed E-state index contributed by atoms with van der Waals surface area (Å²) in [6.45, 7) is 19.0. The van der Waals surface area contributed by atoms with Gasteiger partial charge in [0.25, 0.3) is 0 Å². The third-order valence-corrected chi connectivity index (χ3v) is 13.5. The molecule has 0 aromatic rings. The minimum absolute atomic E-state index is 0.0110. The summed E-state index contributed by atoms with van der Waals surface area (Å²) in [6, 6.07) is 0. The van der Waals surface area contributed by atoms with E-state index < -0.39 is 17.3 Å². The maximum Gasteiger partial charge on any atom is 0.192 e. The van der Waals surface area contributed by atoms with Gasteiger partial charge in [-0.1, -0.05) is 67.0 Å². The molecule has 0 amide bonds. The van der Waals surface area contributed by atoms with Gasteiger partial charge in [0.15, 0.2) is 5.79 Å². The molecule has 0 spiro atoms. The lowest BCUT2D eigenvalue weighted by molar-refractivity contribution is -0.258. The van der Waals surface area contributed by atoms with Crippen molar-refractivity contribution in [3.8, 4) is 0 Å². The van der Waals surface area contributed by atoms with Crippen LogP contribution in [-0.2, 0) is 14.2 Å². The summed E-state index contributed by atoms with van der Waals surface area (Å²) < 4.78 is 17.6. The lowest BCUT2D eigenvalue weighted by atomic mass is 9.35. The Morgan fingerprint density at radius 2 is 1.74 bits per heavy atom. The number of aliphatic hydroxyl groups excluding tert-OH is 1. The van der Waals surface area contributed by atoms with Crippen LogP contribution in [0.3, 0.4) is 0 Å². The topological polar surface area (TPSA) is 68.2 Å². The van der Waals surface area contributed by atoms with Gasteiger partial charge in [-0.25, -0.2) is 0 Å². The average Bonchev–Trinajstić information content (AvgIpc) is 3.19. The van der Waals surface area contributed by atoms with Crippen LogP contribution in [0.15, 0.2) is 11.6 Å². The van der Waals surface area contributed by atoms with Crippen LogP contribution in [0.5, 0.6) is 0 Å². The number of rotatable bonds is 6. The molecule has 3 saturated carbocycles. The summed E-state index contributed by atoms with van der Waals surface area (Å²) in [5, 5.41) is 23.5. The molecule has 2 N–H and O–H groups in total. The summed E-state index contributed by atoms with van der Waals surface area (Å²) in [5.74, 6) is -0.544. The molecule has 1 aliphatic heterocycles. The van der Waals surface area contributed by atoms with Crippen LogP contribution in [0.25, 0.3) is 0 Å². The van der Waals surface area contributed by atoms with Crippen LogP contribution in [0, 0.1) is 38.9 Å². The summed E-state index contributed by atoms with van der Waals surface area (Å²) in [7, 11) is 3.57. The fourth-order valence-electron chi connectivity index (χ4n) is 10.6. The van der Waals surface area contributed by atoms with Crippen molar-refractivity contribution in [3.05, 3.63) is 11.6 Å². The largest absolute Gasteiger partial charge is 0.387 e. The minimum atomic E-state index is -1.48. The summed E-state index contributed by atoms with van der Waals surface area (Å²) in [4.78, 5) is 0. The van der Waals surface area contributed by atoms with Gasteiger partial charge in [0.2, 0.25) is 0 Å². The van der Waals surface area contributed by atoms with Gasteiger partial charge in [-0.05, 0) is 84.9 Å². The van der Waals surface area contributed by atoms with E-state index in [0.29, 0.717) is 31.0 Å². The van der Waals surface area contributed by atoms with E-state index >= 15 is 0 Å². The molecule has 5 heteroatoms. The first-order valence-corrected chi connectivity index (χ1v) is 15.6. The molecule has 5 nitrogen and oxygen atoms in total. The quantitative estimate of drug-likeness (QED) is 0.363. The molecule has 0 bridgehead atoms. The molecule has 5 aliphatic rings. The van der Waals surface area contributed by atoms with Gasteiger partial charge in [0, 0.05) is 32.7 Å². The molecule has 220 valence electrons. The van der Waals surface area contributed by atoms with Gasteiger partial charge in [-0.3, -0.25) is 0 Å². The SMILES string of the molecule is CC.COCC(C)CCC1(O)O[C@H]2C[C@@]3(C)C4(C)CC=C5C[C@@H](OC)CCC5(C)C4CC[C@]3(C)[C@@]2(C)[C@@H]1O. The Morgan fingerprint density at radius 3 is 2.37 bits per heavy atom. The summed E-state index contributed by atoms with van der Waals surface area (Å²) >= 11 is 0. The van der Waals surface area contributed by atoms with Gasteiger partial charge in [0.1, 0.15) is 6.10 Å². The van der Waals surface area contributed by atoms with Crippen molar-refractivity contribution in [2.45, 2.75) is 137 Å². The smallest absolute Gasteiger partial charge is 0.192 e. The van der Waals surface area contributed by atoms with Crippen molar-refractivity contribution in [1.29, 1.82) is 0 Å². The van der Waals surface area contributed by atoms with Crippen LogP contribution in [-0.4, -0.2) is 55.1 Å². The second-order valence-corrected chi connectivity index (χ2v) is 14.6. The molecule has 1 heterocycles. The van der Waals surface area contributed by atoms with Gasteiger partial charge in [-0.15, -0.1) is 0 Å². The molecule has 5 rings (SSSR count). The number of ether oxygens (including phenoxy) is 3. The summed E-state index contributed by atoms with van der Waals surface area (Å²) in [6.07, 6.45) is 10.8. The zero-order chi connectivity index (χ0) is 28.4. The number of methoxy groups -OCH3 is 2. The number of hydrogen-bond donors (Lipinski definition) is 2. The first-order chi connectivity index (χ1) is 17.8. The highest BCUT2D eigenvalue weighted by atomic mass is 16.7. The van der Waals surface area contributed by atoms with E-state index in [-0.39, 0.29) is 27.8 Å². The summed E-state index contributed by atoms with van der Waals surface area (Å²) in [5.41, 5.74) is 1.38. The predicted octanol–water partition coefficient (Wildman–Crippen LogP) is 6.90. The number of fused-ring (bicyclic) bond motifs is 7. The molecule has 38 heavy (non-hydrogen) atoms. The number of aliphatic hydroxyl groups is 2. The molecule has 0 aromatic carbocycles. The zero-order valence-corrected chi connectivity index (χ0v) is 26.2. The Balaban J connectivity index is 0.00000164. The number of hydrogen-bond acceptors (Lipinski definition) is 5. The Labute approximate surface area is 233 Å². The lowest BCUT2D eigenvalue weighted by Gasteiger charge is -2.69. The average molecular weight is 535 g/mol. The molecular weight excluding hydrogens is 476 g/mol. The molecule has 0 aromatic heterocycles. The van der Waals surface area contributed by atoms with Crippen LogP contribution in [0.1, 0.15) is 113 Å². The molecule has 1 saturated heterocycles. The molecule has 5 unspecified atom stereocenters. The Kier molecular flexibility index (Phi) is 8.12. The Morgan fingerprint density at radius 1 is 1.05 bits per heavy atom. The normalized spacial score (nSPS) is 52.1. The van der Waals surface area contributed by atoms with Gasteiger partial charge < -0.3 is 24.4 Å². The van der Waals surface area contributed by atoms with Crippen LogP contribution in [0.4, 0.5) is 0 Å². The molecule has 4 aliphatic carbocycles. The van der Waals surface area contributed by atoms with Crippen molar-refractivity contribution in [3.63, 3.8) is 0 Å². The maximum absolute atomic E-state index is 11.9. The molecule has 11 atom stereocenters. The van der Waals surface area contributed by atoms with Crippen LogP contribution in [0.2, 0.25) is 0 Å². The van der Waals surface area contributed by atoms with Crippen molar-refractivity contribution >= 4 is 0 Å². The van der Waals surface area contributed by atoms with Gasteiger partial charge >= 0.3 is 0 Å². The van der Waals surface area contributed by atoms with Crippen molar-refractivity contribution in [1.82, 2.24) is 0 Å². The second kappa shape index (κ2) is 10.1. The highest BCUT2D eigenvalue weighted by Crippen LogP contribution is 2.81. The molecule has 4 fully saturated rings. The first kappa shape index (κ1) is 30.5. The van der Waals surface area contributed by atoms with Crippen molar-refractivity contribution in [2.75, 3.05) is 20.8 Å². The highest BCUT2D eigenvalue weighted by molar-refractivity contribution is 5.33. The van der Waals surface area contributed by atoms with Gasteiger partial charge in [-0.2, -0.15) is 0 Å². The van der Waals surface area contributed by atoms with E-state index in [0.717, 1.165) is 38.5 Å². The van der Waals surface area contributed by atoms with Crippen molar-refractivity contribution < 1.29 is 24.4 Å². The van der Waals surface area contributed by atoms with Crippen LogP contribution >= 0.6 is 0 Å². The fourth-order valence-corrected chi connectivity index (χ4v) is 10.6. The monoisotopic (exact) mass is 534 g/mol. The van der Waals surface area contributed by atoms with E-state index in [1.165, 1.54) is 12.8 Å². The minimum Gasteiger partial charge on any atom is -0.387 e. The van der Waals surface area contributed by atoms with Crippen LogP contribution < -0.4 is 0 Å². The highest BCUT2D eigenvalue weighted by Gasteiger charge is 2.80. The van der Waals surface area contributed by atoms with E-state index in [4.69, 9.17) is 14.2 Å². The maximum atomic E-state index is 11.9. The van der Waals surface area contributed by atoms with E-state index in [1.54, 1.807) is 12.7 Å². The molecular formula is C33H58O5. The molecule has 0 radical (unpaired) electrons. The Bertz CT molecular complexity index is 904. The van der Waals surface area contributed by atoms with E-state index in [1.807, 2.05) is 21.0 Å². The second-order valence-electron chi connectivity index (χ2n) is 14.6. The standard InChI is InChI=1S/C31H52O5.C2H6/c1-20(19-34-7)9-16-31(33)25(32)30(6)24(36-31)18-29(5)27(3)14-10-21-17-22(35-8)11-13-26(21,2)23(27)12-15-28(29,30)4;1-2/h10,20,22-25,32-33H,9,11-19H2,1-8H3;1-2H3/t20?,22-,23?,24-,25-,26?,27?,28-,29-,30+,31?;/m0./s1. The third kappa shape index (κ3) is 3.81.